The highest BCUT2D eigenvalue weighted by molar-refractivity contribution is 4.99. The van der Waals surface area contributed by atoms with Crippen LogP contribution in [0.3, 0.4) is 0 Å². The van der Waals surface area contributed by atoms with Gasteiger partial charge < -0.3 is 15.5 Å². The number of rotatable bonds is 4. The van der Waals surface area contributed by atoms with Gasteiger partial charge in [-0.1, -0.05) is 6.92 Å². The monoisotopic (exact) mass is 282 g/mol. The highest BCUT2D eigenvalue weighted by Crippen LogP contribution is 2.31. The fourth-order valence-electron chi connectivity index (χ4n) is 3.92. The highest BCUT2D eigenvalue weighted by atomic mass is 15.3. The van der Waals surface area contributed by atoms with Gasteiger partial charge in [-0.3, -0.25) is 4.90 Å². The number of hydrogen-bond acceptors (Lipinski definition) is 4. The summed E-state index contributed by atoms with van der Waals surface area (Å²) in [7, 11) is 2.27. The van der Waals surface area contributed by atoms with Crippen molar-refractivity contribution in [3.63, 3.8) is 0 Å². The lowest BCUT2D eigenvalue weighted by Gasteiger charge is -2.53. The Hall–Kier alpha value is -0.160. The maximum Gasteiger partial charge on any atom is 0.0357 e. The molecule has 0 aromatic rings. The van der Waals surface area contributed by atoms with E-state index in [-0.39, 0.29) is 5.54 Å². The standard InChI is InChI=1S/C16H34N4/c1-5-15-12-20(11-10-18(15)4)16(13-17)6-8-19(9-7-16)14(2)3/h14-15H,5-13,17H2,1-4H3. The normalized spacial score (nSPS) is 30.0. The Balaban J connectivity index is 2.01. The number of nitrogens with two attached hydrogens (primary N) is 1. The van der Waals surface area contributed by atoms with E-state index in [9.17, 15) is 0 Å². The number of nitrogens with zero attached hydrogens (tertiary/aromatic N) is 3. The molecule has 0 aliphatic carbocycles. The van der Waals surface area contributed by atoms with E-state index in [4.69, 9.17) is 5.73 Å². The molecule has 2 aliphatic heterocycles. The van der Waals surface area contributed by atoms with E-state index in [1.807, 2.05) is 0 Å². The van der Waals surface area contributed by atoms with Crippen molar-refractivity contribution in [3.8, 4) is 0 Å². The molecule has 0 amide bonds. The number of piperidine rings is 1. The molecule has 0 radical (unpaired) electrons. The SMILES string of the molecule is CCC1CN(C2(CN)CCN(C(C)C)CC2)CCN1C. The predicted molar refractivity (Wildman–Crippen MR) is 86.0 cm³/mol. The van der Waals surface area contributed by atoms with Gasteiger partial charge in [0.05, 0.1) is 0 Å². The Morgan fingerprint density at radius 3 is 2.30 bits per heavy atom. The quantitative estimate of drug-likeness (QED) is 0.841. The van der Waals surface area contributed by atoms with E-state index in [2.05, 4.69) is 42.5 Å². The molecule has 2 fully saturated rings. The van der Waals surface area contributed by atoms with E-state index in [1.54, 1.807) is 0 Å². The van der Waals surface area contributed by atoms with Crippen LogP contribution in [0.2, 0.25) is 0 Å². The molecular formula is C16H34N4. The molecule has 118 valence electrons. The minimum absolute atomic E-state index is 0.264. The molecule has 0 saturated carbocycles. The molecule has 20 heavy (non-hydrogen) atoms. The number of likely N-dealkylation sites (N-methyl/N-ethyl adjacent to an activating group) is 1. The van der Waals surface area contributed by atoms with Crippen LogP contribution in [0.5, 0.6) is 0 Å². The van der Waals surface area contributed by atoms with E-state index in [0.29, 0.717) is 12.1 Å². The van der Waals surface area contributed by atoms with Crippen LogP contribution in [-0.4, -0.2) is 78.6 Å². The van der Waals surface area contributed by atoms with Gasteiger partial charge in [-0.05, 0) is 40.2 Å². The summed E-state index contributed by atoms with van der Waals surface area (Å²) in [6.45, 7) is 13.7. The van der Waals surface area contributed by atoms with Gasteiger partial charge in [0, 0.05) is 56.9 Å². The van der Waals surface area contributed by atoms with Gasteiger partial charge in [-0.25, -0.2) is 0 Å². The van der Waals surface area contributed by atoms with Crippen LogP contribution >= 0.6 is 0 Å². The summed E-state index contributed by atoms with van der Waals surface area (Å²) < 4.78 is 0. The summed E-state index contributed by atoms with van der Waals surface area (Å²) in [6.07, 6.45) is 3.72. The molecule has 2 aliphatic rings. The number of hydrogen-bond donors (Lipinski definition) is 1. The highest BCUT2D eigenvalue weighted by Gasteiger charge is 2.41. The van der Waals surface area contributed by atoms with Gasteiger partial charge in [0.25, 0.3) is 0 Å². The molecule has 2 saturated heterocycles. The number of likely N-dealkylation sites (tertiary alicyclic amines) is 1. The Labute approximate surface area is 125 Å². The summed E-state index contributed by atoms with van der Waals surface area (Å²) in [5.74, 6) is 0. The van der Waals surface area contributed by atoms with Gasteiger partial charge in [0.15, 0.2) is 0 Å². The first kappa shape index (κ1) is 16.2. The van der Waals surface area contributed by atoms with E-state index in [1.165, 1.54) is 52.0 Å². The molecule has 2 rings (SSSR count). The molecule has 0 aromatic heterocycles. The van der Waals surface area contributed by atoms with Crippen molar-refractivity contribution in [2.24, 2.45) is 5.73 Å². The molecular weight excluding hydrogens is 248 g/mol. The van der Waals surface area contributed by atoms with Crippen LogP contribution in [-0.2, 0) is 0 Å². The maximum atomic E-state index is 6.24. The van der Waals surface area contributed by atoms with Crippen LogP contribution < -0.4 is 5.73 Å². The van der Waals surface area contributed by atoms with Crippen LogP contribution in [0.1, 0.15) is 40.0 Å². The van der Waals surface area contributed by atoms with Crippen molar-refractivity contribution in [2.75, 3.05) is 46.3 Å². The Morgan fingerprint density at radius 1 is 1.15 bits per heavy atom. The third kappa shape index (κ3) is 3.19. The van der Waals surface area contributed by atoms with E-state index >= 15 is 0 Å². The molecule has 2 heterocycles. The van der Waals surface area contributed by atoms with Gasteiger partial charge >= 0.3 is 0 Å². The average molecular weight is 282 g/mol. The van der Waals surface area contributed by atoms with Gasteiger partial charge in [-0.15, -0.1) is 0 Å². The third-order valence-electron chi connectivity index (χ3n) is 5.76. The number of piperazine rings is 1. The summed E-state index contributed by atoms with van der Waals surface area (Å²) in [6, 6.07) is 1.37. The molecule has 0 spiro atoms. The molecule has 0 aromatic carbocycles. The lowest BCUT2D eigenvalue weighted by molar-refractivity contribution is -0.0265. The Kier molecular flexibility index (Phi) is 5.46. The van der Waals surface area contributed by atoms with Crippen LogP contribution in [0.25, 0.3) is 0 Å². The van der Waals surface area contributed by atoms with E-state index in [0.717, 1.165) is 6.54 Å². The fourth-order valence-corrected chi connectivity index (χ4v) is 3.92. The second-order valence-electron chi connectivity index (χ2n) is 7.05. The summed E-state index contributed by atoms with van der Waals surface area (Å²) >= 11 is 0. The molecule has 1 atom stereocenters. The lowest BCUT2D eigenvalue weighted by atomic mass is 9.84. The lowest BCUT2D eigenvalue weighted by Crippen LogP contribution is -2.65. The van der Waals surface area contributed by atoms with Crippen molar-refractivity contribution >= 4 is 0 Å². The largest absolute Gasteiger partial charge is 0.329 e. The molecule has 4 nitrogen and oxygen atoms in total. The Bertz CT molecular complexity index is 297. The van der Waals surface area contributed by atoms with Gasteiger partial charge in [0.2, 0.25) is 0 Å². The minimum Gasteiger partial charge on any atom is -0.329 e. The molecule has 2 N–H and O–H groups in total. The maximum absolute atomic E-state index is 6.24. The van der Waals surface area contributed by atoms with Gasteiger partial charge in [0.1, 0.15) is 0 Å². The van der Waals surface area contributed by atoms with Crippen molar-refractivity contribution in [2.45, 2.75) is 57.7 Å². The molecule has 4 heteroatoms. The molecule has 1 unspecified atom stereocenters. The summed E-state index contributed by atoms with van der Waals surface area (Å²) in [4.78, 5) is 7.84. The van der Waals surface area contributed by atoms with Crippen molar-refractivity contribution in [3.05, 3.63) is 0 Å². The fraction of sp³-hybridized carbons (Fsp3) is 1.00. The first-order chi connectivity index (χ1) is 9.52. The minimum atomic E-state index is 0.264. The molecule has 0 bridgehead atoms. The zero-order valence-electron chi connectivity index (χ0n) is 13.9. The van der Waals surface area contributed by atoms with Gasteiger partial charge in [-0.2, -0.15) is 0 Å². The van der Waals surface area contributed by atoms with E-state index < -0.39 is 0 Å². The Morgan fingerprint density at radius 2 is 1.80 bits per heavy atom. The zero-order valence-corrected chi connectivity index (χ0v) is 13.9. The predicted octanol–water partition coefficient (Wildman–Crippen LogP) is 1.21. The second kappa shape index (κ2) is 6.73. The third-order valence-corrected chi connectivity index (χ3v) is 5.76. The first-order valence-corrected chi connectivity index (χ1v) is 8.42. The summed E-state index contributed by atoms with van der Waals surface area (Å²) in [5.41, 5.74) is 6.50. The van der Waals surface area contributed by atoms with Crippen molar-refractivity contribution in [1.82, 2.24) is 14.7 Å². The van der Waals surface area contributed by atoms with Crippen molar-refractivity contribution < 1.29 is 0 Å². The van der Waals surface area contributed by atoms with Crippen molar-refractivity contribution in [1.29, 1.82) is 0 Å². The van der Waals surface area contributed by atoms with Crippen LogP contribution in [0, 0.1) is 0 Å². The zero-order chi connectivity index (χ0) is 14.8. The van der Waals surface area contributed by atoms with Crippen LogP contribution in [0.4, 0.5) is 0 Å². The smallest absolute Gasteiger partial charge is 0.0357 e. The topological polar surface area (TPSA) is 35.7 Å². The summed E-state index contributed by atoms with van der Waals surface area (Å²) in [5, 5.41) is 0. The average Bonchev–Trinajstić information content (AvgIpc) is 2.47. The first-order valence-electron chi connectivity index (χ1n) is 8.42. The second-order valence-corrected chi connectivity index (χ2v) is 7.05. The van der Waals surface area contributed by atoms with Crippen LogP contribution in [0.15, 0.2) is 0 Å².